The number of nitrogens with zero attached hydrogens (tertiary/aromatic N) is 1. The Balaban J connectivity index is 2.39. The predicted molar refractivity (Wildman–Crippen MR) is 83.9 cm³/mol. The molecule has 0 aliphatic rings. The van der Waals surface area contributed by atoms with Crippen LogP contribution in [0.5, 0.6) is 5.75 Å². The van der Waals surface area contributed by atoms with E-state index in [2.05, 4.69) is 45.9 Å². The molecule has 0 amide bonds. The fourth-order valence-electron chi connectivity index (χ4n) is 2.37. The van der Waals surface area contributed by atoms with Crippen LogP contribution in [0.4, 0.5) is 0 Å². The fraction of sp³-hybridized carbons (Fsp3) is 0.611. The Kier molecular flexibility index (Phi) is 6.58. The van der Waals surface area contributed by atoms with Gasteiger partial charge in [-0.1, -0.05) is 39.8 Å². The number of hydrogen-bond acceptors (Lipinski definition) is 2. The van der Waals surface area contributed by atoms with Crippen molar-refractivity contribution in [3.63, 3.8) is 0 Å². The second-order valence-electron chi connectivity index (χ2n) is 5.77. The summed E-state index contributed by atoms with van der Waals surface area (Å²) in [7, 11) is 0. The van der Waals surface area contributed by atoms with Crippen LogP contribution in [0.3, 0.4) is 0 Å². The zero-order chi connectivity index (χ0) is 15.0. The Morgan fingerprint density at radius 3 is 2.20 bits per heavy atom. The Hall–Kier alpha value is -1.49. The van der Waals surface area contributed by atoms with Crippen molar-refractivity contribution in [3.05, 3.63) is 29.8 Å². The maximum absolute atomic E-state index is 9.28. The van der Waals surface area contributed by atoms with Gasteiger partial charge >= 0.3 is 0 Å². The highest BCUT2D eigenvalue weighted by Crippen LogP contribution is 2.31. The van der Waals surface area contributed by atoms with Crippen LogP contribution < -0.4 is 4.74 Å². The predicted octanol–water partition coefficient (Wildman–Crippen LogP) is 5.30. The molecule has 0 spiro atoms. The van der Waals surface area contributed by atoms with Gasteiger partial charge in [-0.05, 0) is 49.3 Å². The number of rotatable bonds is 8. The van der Waals surface area contributed by atoms with Gasteiger partial charge in [-0.25, -0.2) is 0 Å². The lowest BCUT2D eigenvalue weighted by Crippen LogP contribution is -2.17. The molecule has 0 aliphatic carbocycles. The minimum Gasteiger partial charge on any atom is -0.494 e. The molecular weight excluding hydrogens is 246 g/mol. The molecule has 0 radical (unpaired) electrons. The monoisotopic (exact) mass is 273 g/mol. The van der Waals surface area contributed by atoms with Crippen LogP contribution in [0.1, 0.15) is 64.9 Å². The van der Waals surface area contributed by atoms with Crippen LogP contribution in [-0.2, 0) is 0 Å². The lowest BCUT2D eigenvalue weighted by Gasteiger charge is -2.23. The maximum Gasteiger partial charge on any atom is 0.119 e. The van der Waals surface area contributed by atoms with E-state index in [0.717, 1.165) is 31.4 Å². The molecule has 0 aliphatic heterocycles. The van der Waals surface area contributed by atoms with Gasteiger partial charge in [0.2, 0.25) is 0 Å². The van der Waals surface area contributed by atoms with E-state index in [1.165, 1.54) is 5.56 Å². The first-order valence-corrected chi connectivity index (χ1v) is 7.71. The van der Waals surface area contributed by atoms with Crippen molar-refractivity contribution in [1.82, 2.24) is 0 Å². The first-order valence-electron chi connectivity index (χ1n) is 7.71. The van der Waals surface area contributed by atoms with Crippen molar-refractivity contribution in [2.75, 3.05) is 6.61 Å². The molecule has 20 heavy (non-hydrogen) atoms. The molecule has 0 fully saturated rings. The molecule has 2 heteroatoms. The van der Waals surface area contributed by atoms with E-state index in [0.29, 0.717) is 12.5 Å². The summed E-state index contributed by atoms with van der Waals surface area (Å²) in [5, 5.41) is 9.28. The molecule has 0 bridgehead atoms. The van der Waals surface area contributed by atoms with Gasteiger partial charge in [0, 0.05) is 0 Å². The van der Waals surface area contributed by atoms with Crippen molar-refractivity contribution in [1.29, 1.82) is 5.26 Å². The van der Waals surface area contributed by atoms with Gasteiger partial charge in [0.25, 0.3) is 0 Å². The standard InChI is InChI=1S/C18H27NO/c1-5-18(6-2,14-19)12-7-13-20-17-10-8-16(9-11-17)15(3)4/h8-11,15H,5-7,12-13H2,1-4H3. The van der Waals surface area contributed by atoms with Gasteiger partial charge in [0.15, 0.2) is 0 Å². The van der Waals surface area contributed by atoms with Crippen LogP contribution in [0, 0.1) is 16.7 Å². The molecule has 1 rings (SSSR count). The van der Waals surface area contributed by atoms with E-state index in [1.807, 2.05) is 12.1 Å². The Labute approximate surface area is 123 Å². The minimum atomic E-state index is -0.162. The summed E-state index contributed by atoms with van der Waals surface area (Å²) in [4.78, 5) is 0. The smallest absolute Gasteiger partial charge is 0.119 e. The Morgan fingerprint density at radius 1 is 1.15 bits per heavy atom. The molecule has 0 saturated heterocycles. The zero-order valence-corrected chi connectivity index (χ0v) is 13.3. The molecule has 0 atom stereocenters. The normalized spacial score (nSPS) is 11.4. The summed E-state index contributed by atoms with van der Waals surface area (Å²) in [5.74, 6) is 1.47. The zero-order valence-electron chi connectivity index (χ0n) is 13.3. The van der Waals surface area contributed by atoms with E-state index in [1.54, 1.807) is 0 Å². The van der Waals surface area contributed by atoms with Gasteiger partial charge in [0.05, 0.1) is 18.1 Å². The molecule has 1 aromatic carbocycles. The molecule has 0 saturated carbocycles. The third kappa shape index (κ3) is 4.56. The van der Waals surface area contributed by atoms with Gasteiger partial charge in [0.1, 0.15) is 5.75 Å². The third-order valence-corrected chi connectivity index (χ3v) is 4.21. The highest BCUT2D eigenvalue weighted by molar-refractivity contribution is 5.28. The third-order valence-electron chi connectivity index (χ3n) is 4.21. The van der Waals surface area contributed by atoms with Crippen LogP contribution in [0.2, 0.25) is 0 Å². The largest absolute Gasteiger partial charge is 0.494 e. The molecular formula is C18H27NO. The summed E-state index contributed by atoms with van der Waals surface area (Å²) in [6, 6.07) is 10.8. The first kappa shape index (κ1) is 16.6. The van der Waals surface area contributed by atoms with E-state index in [-0.39, 0.29) is 5.41 Å². The summed E-state index contributed by atoms with van der Waals surface area (Å²) in [5.41, 5.74) is 1.17. The van der Waals surface area contributed by atoms with Crippen LogP contribution in [-0.4, -0.2) is 6.61 Å². The number of benzene rings is 1. The lowest BCUT2D eigenvalue weighted by atomic mass is 9.80. The van der Waals surface area contributed by atoms with Crippen LogP contribution in [0.15, 0.2) is 24.3 Å². The summed E-state index contributed by atoms with van der Waals surface area (Å²) >= 11 is 0. The van der Waals surface area contributed by atoms with Crippen molar-refractivity contribution < 1.29 is 4.74 Å². The van der Waals surface area contributed by atoms with Crippen molar-refractivity contribution in [2.24, 2.45) is 5.41 Å². The average Bonchev–Trinajstić information content (AvgIpc) is 2.49. The molecule has 2 nitrogen and oxygen atoms in total. The first-order chi connectivity index (χ1) is 9.56. The van der Waals surface area contributed by atoms with Gasteiger partial charge < -0.3 is 4.74 Å². The second-order valence-corrected chi connectivity index (χ2v) is 5.77. The van der Waals surface area contributed by atoms with Crippen molar-refractivity contribution >= 4 is 0 Å². The number of nitriles is 1. The van der Waals surface area contributed by atoms with Crippen molar-refractivity contribution in [3.8, 4) is 11.8 Å². The van der Waals surface area contributed by atoms with E-state index >= 15 is 0 Å². The van der Waals surface area contributed by atoms with E-state index < -0.39 is 0 Å². The molecule has 0 aromatic heterocycles. The summed E-state index contributed by atoms with van der Waals surface area (Å²) < 4.78 is 5.76. The maximum atomic E-state index is 9.28. The molecule has 0 unspecified atom stereocenters. The van der Waals surface area contributed by atoms with Gasteiger partial charge in [-0.2, -0.15) is 5.26 Å². The minimum absolute atomic E-state index is 0.162. The number of ether oxygens (including phenoxy) is 1. The average molecular weight is 273 g/mol. The highest BCUT2D eigenvalue weighted by Gasteiger charge is 2.24. The second kappa shape index (κ2) is 7.94. The van der Waals surface area contributed by atoms with Crippen molar-refractivity contribution in [2.45, 2.75) is 59.3 Å². The fourth-order valence-corrected chi connectivity index (χ4v) is 2.37. The summed E-state index contributed by atoms with van der Waals surface area (Å²) in [6.45, 7) is 9.25. The SMILES string of the molecule is CCC(C#N)(CC)CCCOc1ccc(C(C)C)cc1. The molecule has 0 N–H and O–H groups in total. The molecule has 0 heterocycles. The Morgan fingerprint density at radius 2 is 1.75 bits per heavy atom. The quantitative estimate of drug-likeness (QED) is 0.602. The summed E-state index contributed by atoms with van der Waals surface area (Å²) in [6.07, 6.45) is 3.69. The van der Waals surface area contributed by atoms with Crippen LogP contribution >= 0.6 is 0 Å². The van der Waals surface area contributed by atoms with Crippen LogP contribution in [0.25, 0.3) is 0 Å². The van der Waals surface area contributed by atoms with E-state index in [4.69, 9.17) is 4.74 Å². The highest BCUT2D eigenvalue weighted by atomic mass is 16.5. The van der Waals surface area contributed by atoms with Gasteiger partial charge in [-0.3, -0.25) is 0 Å². The van der Waals surface area contributed by atoms with E-state index in [9.17, 15) is 5.26 Å². The molecule has 1 aromatic rings. The van der Waals surface area contributed by atoms with Gasteiger partial charge in [-0.15, -0.1) is 0 Å². The topological polar surface area (TPSA) is 33.0 Å². The molecule has 110 valence electrons. The number of hydrogen-bond donors (Lipinski definition) is 0. The lowest BCUT2D eigenvalue weighted by molar-refractivity contribution is 0.259. The Bertz CT molecular complexity index is 424.